The minimum Gasteiger partial charge on any atom is -0.507 e. The average Bonchev–Trinajstić information content (AvgIpc) is 3.76. The van der Waals surface area contributed by atoms with Gasteiger partial charge in [-0.15, -0.1) is 29.3 Å². The van der Waals surface area contributed by atoms with E-state index in [1.807, 2.05) is 54.7 Å². The van der Waals surface area contributed by atoms with E-state index in [-0.39, 0.29) is 37.6 Å². The summed E-state index contributed by atoms with van der Waals surface area (Å²) in [5, 5.41) is 13.4. The van der Waals surface area contributed by atoms with Crippen LogP contribution in [0.1, 0.15) is 52.7 Å². The summed E-state index contributed by atoms with van der Waals surface area (Å²) in [6.45, 7) is 13.4. The van der Waals surface area contributed by atoms with E-state index in [2.05, 4.69) is 131 Å². The van der Waals surface area contributed by atoms with Gasteiger partial charge in [-0.25, -0.2) is 4.98 Å². The molecule has 9 aromatic rings. The van der Waals surface area contributed by atoms with Gasteiger partial charge >= 0.3 is 0 Å². The molecule has 0 aliphatic rings. The molecule has 0 aliphatic carbocycles. The SMILES string of the molecule is CC(C)(C)c1cc(-c2cccc3c2nc(-c2ccccc2O)n3-c2ccc(C(C)(C)C)cc2-c2ccccc2)[c-]c(-c2nccc3c2oc2ccccc23)c1.[Pt]. The second-order valence-electron chi connectivity index (χ2n) is 16.4. The molecule has 5 nitrogen and oxygen atoms in total. The predicted octanol–water partition coefficient (Wildman–Crippen LogP) is 13.1. The molecule has 56 heavy (non-hydrogen) atoms. The van der Waals surface area contributed by atoms with Crippen molar-refractivity contribution in [3.05, 3.63) is 157 Å². The normalized spacial score (nSPS) is 12.0. The van der Waals surface area contributed by atoms with Crippen molar-refractivity contribution in [2.75, 3.05) is 0 Å². The van der Waals surface area contributed by atoms with E-state index in [0.29, 0.717) is 11.4 Å². The number of imidazole rings is 1. The average molecular weight is 912 g/mol. The van der Waals surface area contributed by atoms with Crippen LogP contribution in [0, 0.1) is 6.07 Å². The van der Waals surface area contributed by atoms with Crippen LogP contribution in [0.5, 0.6) is 5.75 Å². The molecule has 0 radical (unpaired) electrons. The van der Waals surface area contributed by atoms with Gasteiger partial charge in [-0.1, -0.05) is 132 Å². The molecule has 0 atom stereocenters. The van der Waals surface area contributed by atoms with Gasteiger partial charge in [-0.2, -0.15) is 0 Å². The summed E-state index contributed by atoms with van der Waals surface area (Å²) in [7, 11) is 0. The van der Waals surface area contributed by atoms with Crippen LogP contribution in [-0.2, 0) is 31.9 Å². The van der Waals surface area contributed by atoms with E-state index in [4.69, 9.17) is 14.4 Å². The molecule has 0 fully saturated rings. The van der Waals surface area contributed by atoms with Crippen LogP contribution < -0.4 is 0 Å². The van der Waals surface area contributed by atoms with E-state index in [9.17, 15) is 5.11 Å². The van der Waals surface area contributed by atoms with E-state index < -0.39 is 0 Å². The fraction of sp³-hybridized carbons (Fsp3) is 0.160. The minimum absolute atomic E-state index is 0. The summed E-state index contributed by atoms with van der Waals surface area (Å²) in [5.74, 6) is 0.823. The smallest absolute Gasteiger partial charge is 0.148 e. The largest absolute Gasteiger partial charge is 0.507 e. The van der Waals surface area contributed by atoms with E-state index in [0.717, 1.165) is 77.7 Å². The number of hydrogen-bond donors (Lipinski definition) is 1. The third-order valence-electron chi connectivity index (χ3n) is 10.6. The van der Waals surface area contributed by atoms with Crippen molar-refractivity contribution in [3.8, 4) is 56.3 Å². The zero-order valence-electron chi connectivity index (χ0n) is 32.3. The van der Waals surface area contributed by atoms with E-state index in [1.54, 1.807) is 6.07 Å². The molecule has 3 heterocycles. The second kappa shape index (κ2) is 14.1. The quantitative estimate of drug-likeness (QED) is 0.175. The zero-order valence-corrected chi connectivity index (χ0v) is 34.6. The molecule has 280 valence electrons. The van der Waals surface area contributed by atoms with Gasteiger partial charge in [0.2, 0.25) is 0 Å². The number of phenols is 1. The first-order chi connectivity index (χ1) is 26.5. The molecule has 9 rings (SSSR count). The Bertz CT molecular complexity index is 2910. The van der Waals surface area contributed by atoms with Gasteiger partial charge in [0.05, 0.1) is 22.3 Å². The van der Waals surface area contributed by atoms with Gasteiger partial charge in [-0.05, 0) is 64.4 Å². The third kappa shape index (κ3) is 6.44. The molecular formula is C50H42N3O2Pt-. The monoisotopic (exact) mass is 911 g/mol. The Morgan fingerprint density at radius 3 is 2.09 bits per heavy atom. The van der Waals surface area contributed by atoms with Crippen LogP contribution in [-0.4, -0.2) is 19.6 Å². The van der Waals surface area contributed by atoms with Gasteiger partial charge in [-0.3, -0.25) is 9.55 Å². The van der Waals surface area contributed by atoms with Crippen molar-refractivity contribution in [2.45, 2.75) is 52.4 Å². The van der Waals surface area contributed by atoms with Crippen molar-refractivity contribution in [1.29, 1.82) is 0 Å². The van der Waals surface area contributed by atoms with Crippen molar-refractivity contribution in [1.82, 2.24) is 14.5 Å². The summed E-state index contributed by atoms with van der Waals surface area (Å²) in [6, 6.07) is 49.3. The minimum atomic E-state index is -0.173. The van der Waals surface area contributed by atoms with Crippen molar-refractivity contribution in [3.63, 3.8) is 0 Å². The maximum atomic E-state index is 11.3. The van der Waals surface area contributed by atoms with Gasteiger partial charge in [0, 0.05) is 49.3 Å². The molecule has 1 N–H and O–H groups in total. The first-order valence-electron chi connectivity index (χ1n) is 18.8. The number of benzene rings is 6. The molecule has 0 saturated heterocycles. The summed E-state index contributed by atoms with van der Waals surface area (Å²) in [5.41, 5.74) is 12.7. The molecule has 0 bridgehead atoms. The second-order valence-corrected chi connectivity index (χ2v) is 16.4. The zero-order chi connectivity index (χ0) is 38.1. The number of para-hydroxylation sites is 3. The van der Waals surface area contributed by atoms with Gasteiger partial charge in [0.1, 0.15) is 22.7 Å². The predicted molar refractivity (Wildman–Crippen MR) is 226 cm³/mol. The molecule has 0 amide bonds. The molecule has 0 aliphatic heterocycles. The van der Waals surface area contributed by atoms with Crippen molar-refractivity contribution < 1.29 is 30.6 Å². The molecule has 3 aromatic heterocycles. The van der Waals surface area contributed by atoms with Crippen LogP contribution in [0.25, 0.3) is 83.6 Å². The Balaban J connectivity index is 0.00000441. The Morgan fingerprint density at radius 2 is 1.32 bits per heavy atom. The van der Waals surface area contributed by atoms with Crippen molar-refractivity contribution in [2.24, 2.45) is 0 Å². The Hall–Kier alpha value is -5.77. The number of phenolic OH excluding ortho intramolecular Hbond substituents is 1. The van der Waals surface area contributed by atoms with E-state index in [1.165, 1.54) is 5.56 Å². The van der Waals surface area contributed by atoms with Crippen LogP contribution in [0.4, 0.5) is 0 Å². The number of nitrogens with zero attached hydrogens (tertiary/aromatic N) is 3. The van der Waals surface area contributed by atoms with Crippen molar-refractivity contribution >= 4 is 33.0 Å². The fourth-order valence-electron chi connectivity index (χ4n) is 7.57. The molecular weight excluding hydrogens is 870 g/mol. The molecule has 6 heteroatoms. The number of rotatable bonds is 5. The number of aromatic nitrogens is 3. The first kappa shape index (κ1) is 37.2. The van der Waals surface area contributed by atoms with Crippen LogP contribution in [0.3, 0.4) is 0 Å². The summed E-state index contributed by atoms with van der Waals surface area (Å²) < 4.78 is 8.66. The molecule has 6 aromatic carbocycles. The van der Waals surface area contributed by atoms with Gasteiger partial charge < -0.3 is 9.52 Å². The third-order valence-corrected chi connectivity index (χ3v) is 10.6. The van der Waals surface area contributed by atoms with Gasteiger partial charge in [0.15, 0.2) is 0 Å². The summed E-state index contributed by atoms with van der Waals surface area (Å²) in [4.78, 5) is 10.3. The van der Waals surface area contributed by atoms with Crippen LogP contribution in [0.15, 0.2) is 144 Å². The topological polar surface area (TPSA) is 64.1 Å². The first-order valence-corrected chi connectivity index (χ1v) is 18.8. The molecule has 0 saturated carbocycles. The Labute approximate surface area is 342 Å². The molecule has 0 spiro atoms. The molecule has 0 unspecified atom stereocenters. The van der Waals surface area contributed by atoms with Gasteiger partial charge in [0.25, 0.3) is 0 Å². The summed E-state index contributed by atoms with van der Waals surface area (Å²) in [6.07, 6.45) is 1.85. The standard InChI is InChI=1S/C50H42N3O2.Pt/c1-49(2,3)34-23-24-41(40(30-34)31-15-8-7-9-16-31)53-42-20-14-19-36(46(42)52-48(53)39-18-10-12-21-43(39)54)32-27-33(29-35(28-32)50(4,5)6)45-47-38(25-26-51-45)37-17-11-13-22-44(37)55-47;/h7-26,28-30,54H,1-6H3;/q-1;. The maximum Gasteiger partial charge on any atom is 0.148 e. The Morgan fingerprint density at radius 1 is 0.625 bits per heavy atom. The number of furan rings is 1. The number of fused-ring (bicyclic) bond motifs is 4. The number of hydrogen-bond acceptors (Lipinski definition) is 4. The number of aromatic hydroxyl groups is 1. The number of pyridine rings is 1. The fourth-order valence-corrected chi connectivity index (χ4v) is 7.57. The van der Waals surface area contributed by atoms with E-state index >= 15 is 0 Å². The van der Waals surface area contributed by atoms with Crippen LogP contribution >= 0.6 is 0 Å². The Kier molecular flexibility index (Phi) is 9.33. The van der Waals surface area contributed by atoms with Crippen LogP contribution in [0.2, 0.25) is 0 Å². The maximum absolute atomic E-state index is 11.3. The summed E-state index contributed by atoms with van der Waals surface area (Å²) >= 11 is 0.